The summed E-state index contributed by atoms with van der Waals surface area (Å²) < 4.78 is 10.6. The van der Waals surface area contributed by atoms with Crippen LogP contribution in [0.15, 0.2) is 18.2 Å². The maximum atomic E-state index is 10.6. The van der Waals surface area contributed by atoms with Crippen LogP contribution in [0.3, 0.4) is 0 Å². The summed E-state index contributed by atoms with van der Waals surface area (Å²) in [6, 6.07) is 5.73. The van der Waals surface area contributed by atoms with E-state index in [0.29, 0.717) is 17.4 Å². The fourth-order valence-corrected chi connectivity index (χ4v) is 3.51. The number of hydrogen-bond acceptors (Lipinski definition) is 3. The van der Waals surface area contributed by atoms with Crippen LogP contribution >= 0.6 is 0 Å². The van der Waals surface area contributed by atoms with Crippen LogP contribution in [0, 0.1) is 11.8 Å². The van der Waals surface area contributed by atoms with Crippen LogP contribution in [0.1, 0.15) is 57.1 Å². The maximum Gasteiger partial charge on any atom is 0.161 e. The van der Waals surface area contributed by atoms with Crippen molar-refractivity contribution in [1.82, 2.24) is 0 Å². The molecule has 0 amide bonds. The predicted octanol–water partition coefficient (Wildman–Crippen LogP) is 4.34. The van der Waals surface area contributed by atoms with Gasteiger partial charge in [-0.05, 0) is 42.4 Å². The first-order chi connectivity index (χ1) is 10.2. The van der Waals surface area contributed by atoms with Gasteiger partial charge in [-0.1, -0.05) is 38.7 Å². The fourth-order valence-electron chi connectivity index (χ4n) is 3.51. The van der Waals surface area contributed by atoms with Gasteiger partial charge in [0.1, 0.15) is 0 Å². The summed E-state index contributed by atoms with van der Waals surface area (Å²) in [6.07, 6.45) is 6.96. The number of ether oxygens (including phenoxy) is 2. The zero-order valence-corrected chi connectivity index (χ0v) is 13.5. The average Bonchev–Trinajstić information content (AvgIpc) is 2.54. The van der Waals surface area contributed by atoms with Crippen molar-refractivity contribution in [3.05, 3.63) is 23.8 Å². The van der Waals surface area contributed by atoms with Gasteiger partial charge in [-0.2, -0.15) is 0 Å². The van der Waals surface area contributed by atoms with Crippen LogP contribution in [0.5, 0.6) is 11.5 Å². The van der Waals surface area contributed by atoms with Gasteiger partial charge in [0.2, 0.25) is 0 Å². The number of rotatable bonds is 6. The minimum Gasteiger partial charge on any atom is -0.493 e. The van der Waals surface area contributed by atoms with E-state index >= 15 is 0 Å². The summed E-state index contributed by atoms with van der Waals surface area (Å²) >= 11 is 0. The van der Waals surface area contributed by atoms with Gasteiger partial charge < -0.3 is 14.6 Å². The third kappa shape index (κ3) is 3.91. The van der Waals surface area contributed by atoms with E-state index in [1.54, 1.807) is 14.2 Å². The molecule has 0 aromatic heterocycles. The van der Waals surface area contributed by atoms with Crippen LogP contribution in [-0.2, 0) is 0 Å². The largest absolute Gasteiger partial charge is 0.493 e. The Morgan fingerprint density at radius 2 is 1.76 bits per heavy atom. The highest BCUT2D eigenvalue weighted by Gasteiger charge is 2.27. The molecule has 1 aromatic rings. The van der Waals surface area contributed by atoms with Gasteiger partial charge in [-0.3, -0.25) is 0 Å². The Morgan fingerprint density at radius 1 is 1.10 bits per heavy atom. The lowest BCUT2D eigenvalue weighted by molar-refractivity contribution is 0.0720. The number of aliphatic hydroxyl groups excluding tert-OH is 1. The molecule has 21 heavy (non-hydrogen) atoms. The highest BCUT2D eigenvalue weighted by Crippen LogP contribution is 2.40. The second kappa shape index (κ2) is 7.69. The molecular formula is C18H28O3. The van der Waals surface area contributed by atoms with Crippen molar-refractivity contribution in [3.63, 3.8) is 0 Å². The first-order valence-corrected chi connectivity index (χ1v) is 8.09. The zero-order valence-electron chi connectivity index (χ0n) is 13.5. The van der Waals surface area contributed by atoms with Gasteiger partial charge in [0, 0.05) is 0 Å². The number of methoxy groups -OCH3 is 2. The van der Waals surface area contributed by atoms with Crippen LogP contribution in [0.2, 0.25) is 0 Å². The molecule has 0 aliphatic heterocycles. The Balaban J connectivity index is 2.02. The summed E-state index contributed by atoms with van der Waals surface area (Å²) in [4.78, 5) is 0. The standard InChI is InChI=1S/C18H28O3/c1-4-5-13-6-8-14(9-7-13)18(19)15-10-11-16(20-2)17(12-15)21-3/h10-14,18-19H,4-9H2,1-3H3. The highest BCUT2D eigenvalue weighted by atomic mass is 16.5. The molecule has 0 spiro atoms. The van der Waals surface area contributed by atoms with Crippen molar-refractivity contribution >= 4 is 0 Å². The second-order valence-corrected chi connectivity index (χ2v) is 6.13. The summed E-state index contributed by atoms with van der Waals surface area (Å²) in [5.41, 5.74) is 0.937. The molecular weight excluding hydrogens is 264 g/mol. The molecule has 1 aliphatic carbocycles. The lowest BCUT2D eigenvalue weighted by atomic mass is 9.76. The Labute approximate surface area is 128 Å². The molecule has 3 heteroatoms. The monoisotopic (exact) mass is 292 g/mol. The lowest BCUT2D eigenvalue weighted by Gasteiger charge is -2.31. The maximum absolute atomic E-state index is 10.6. The molecule has 1 atom stereocenters. The van der Waals surface area contributed by atoms with E-state index in [1.165, 1.54) is 25.7 Å². The minimum atomic E-state index is -0.396. The second-order valence-electron chi connectivity index (χ2n) is 6.13. The van der Waals surface area contributed by atoms with E-state index in [0.717, 1.165) is 24.3 Å². The predicted molar refractivity (Wildman–Crippen MR) is 84.9 cm³/mol. The molecule has 3 nitrogen and oxygen atoms in total. The summed E-state index contributed by atoms with van der Waals surface area (Å²) in [6.45, 7) is 2.25. The molecule has 1 N–H and O–H groups in total. The first kappa shape index (κ1) is 16.2. The zero-order chi connectivity index (χ0) is 15.2. The van der Waals surface area contributed by atoms with Crippen LogP contribution in [-0.4, -0.2) is 19.3 Å². The van der Waals surface area contributed by atoms with E-state index in [4.69, 9.17) is 9.47 Å². The van der Waals surface area contributed by atoms with Crippen molar-refractivity contribution in [3.8, 4) is 11.5 Å². The molecule has 1 fully saturated rings. The average molecular weight is 292 g/mol. The fraction of sp³-hybridized carbons (Fsp3) is 0.667. The quantitative estimate of drug-likeness (QED) is 0.847. The van der Waals surface area contributed by atoms with Gasteiger partial charge in [0.15, 0.2) is 11.5 Å². The molecule has 1 unspecified atom stereocenters. The Morgan fingerprint density at radius 3 is 2.33 bits per heavy atom. The molecule has 1 saturated carbocycles. The Hall–Kier alpha value is -1.22. The van der Waals surface area contributed by atoms with Gasteiger partial charge >= 0.3 is 0 Å². The number of hydrogen-bond donors (Lipinski definition) is 1. The van der Waals surface area contributed by atoms with Crippen molar-refractivity contribution in [2.24, 2.45) is 11.8 Å². The number of benzene rings is 1. The van der Waals surface area contributed by atoms with E-state index in [-0.39, 0.29) is 0 Å². The first-order valence-electron chi connectivity index (χ1n) is 8.09. The van der Waals surface area contributed by atoms with Crippen LogP contribution < -0.4 is 9.47 Å². The SMILES string of the molecule is CCCC1CCC(C(O)c2ccc(OC)c(OC)c2)CC1. The van der Waals surface area contributed by atoms with Crippen molar-refractivity contribution in [2.75, 3.05) is 14.2 Å². The molecule has 0 radical (unpaired) electrons. The molecule has 1 aliphatic rings. The van der Waals surface area contributed by atoms with Crippen molar-refractivity contribution in [2.45, 2.75) is 51.6 Å². The highest BCUT2D eigenvalue weighted by molar-refractivity contribution is 5.43. The lowest BCUT2D eigenvalue weighted by Crippen LogP contribution is -2.20. The van der Waals surface area contributed by atoms with E-state index in [9.17, 15) is 5.11 Å². The molecule has 0 heterocycles. The molecule has 0 saturated heterocycles. The molecule has 118 valence electrons. The third-order valence-electron chi connectivity index (χ3n) is 4.78. The van der Waals surface area contributed by atoms with E-state index < -0.39 is 6.10 Å². The van der Waals surface area contributed by atoms with Gasteiger partial charge in [0.25, 0.3) is 0 Å². The molecule has 2 rings (SSSR count). The van der Waals surface area contributed by atoms with Crippen molar-refractivity contribution in [1.29, 1.82) is 0 Å². The van der Waals surface area contributed by atoms with Crippen molar-refractivity contribution < 1.29 is 14.6 Å². The van der Waals surface area contributed by atoms with Gasteiger partial charge in [-0.15, -0.1) is 0 Å². The van der Waals surface area contributed by atoms with Crippen LogP contribution in [0.25, 0.3) is 0 Å². The van der Waals surface area contributed by atoms with E-state index in [2.05, 4.69) is 6.92 Å². The van der Waals surface area contributed by atoms with Gasteiger partial charge in [-0.25, -0.2) is 0 Å². The third-order valence-corrected chi connectivity index (χ3v) is 4.78. The number of aliphatic hydroxyl groups is 1. The van der Waals surface area contributed by atoms with E-state index in [1.807, 2.05) is 18.2 Å². The molecule has 0 bridgehead atoms. The normalized spacial score (nSPS) is 23.6. The summed E-state index contributed by atoms with van der Waals surface area (Å²) in [7, 11) is 3.26. The molecule has 1 aromatic carbocycles. The van der Waals surface area contributed by atoms with Gasteiger partial charge in [0.05, 0.1) is 20.3 Å². The summed E-state index contributed by atoms with van der Waals surface area (Å²) in [5, 5.41) is 10.6. The smallest absolute Gasteiger partial charge is 0.161 e. The topological polar surface area (TPSA) is 38.7 Å². The summed E-state index contributed by atoms with van der Waals surface area (Å²) in [5.74, 6) is 2.63. The Kier molecular flexibility index (Phi) is 5.92. The minimum absolute atomic E-state index is 0.371. The van der Waals surface area contributed by atoms with Crippen LogP contribution in [0.4, 0.5) is 0 Å². The Bertz CT molecular complexity index is 436.